The van der Waals surface area contributed by atoms with Gasteiger partial charge in [0, 0.05) is 0 Å². The van der Waals surface area contributed by atoms with Gasteiger partial charge in [0.2, 0.25) is 0 Å². The van der Waals surface area contributed by atoms with Crippen LogP contribution in [-0.4, -0.2) is 0 Å². The number of benzene rings is 4. The zero-order chi connectivity index (χ0) is 27.8. The van der Waals surface area contributed by atoms with Crippen LogP contribution in [0.15, 0.2) is 109 Å². The molecule has 0 saturated heterocycles. The van der Waals surface area contributed by atoms with Gasteiger partial charge in [-0.1, -0.05) is 99.5 Å². The van der Waals surface area contributed by atoms with Gasteiger partial charge in [0.05, 0.1) is 0 Å². The van der Waals surface area contributed by atoms with Gasteiger partial charge in [-0.2, -0.15) is 12.1 Å². The summed E-state index contributed by atoms with van der Waals surface area (Å²) in [5.74, 6) is 0. The summed E-state index contributed by atoms with van der Waals surface area (Å²) in [5.41, 5.74) is 10.7. The molecule has 0 aliphatic carbocycles. The summed E-state index contributed by atoms with van der Waals surface area (Å²) in [4.78, 5) is 0. The van der Waals surface area contributed by atoms with Crippen LogP contribution in [0.1, 0.15) is 42.5 Å². The van der Waals surface area contributed by atoms with Crippen LogP contribution in [0.2, 0.25) is 0 Å². The van der Waals surface area contributed by atoms with Crippen molar-refractivity contribution in [3.63, 3.8) is 0 Å². The van der Waals surface area contributed by atoms with Crippen LogP contribution in [0.25, 0.3) is 43.8 Å². The van der Waals surface area contributed by atoms with E-state index in [4.69, 9.17) is 0 Å². The molecule has 3 heteroatoms. The summed E-state index contributed by atoms with van der Waals surface area (Å²) in [7, 11) is 0. The molecule has 0 saturated carbocycles. The van der Waals surface area contributed by atoms with E-state index in [1.165, 1.54) is 66.1 Å². The summed E-state index contributed by atoms with van der Waals surface area (Å²) in [6, 6.07) is 40.0. The minimum absolute atomic E-state index is 0. The second-order valence-corrected chi connectivity index (χ2v) is 10.1. The molecule has 0 fully saturated rings. The van der Waals surface area contributed by atoms with Crippen LogP contribution in [0.3, 0.4) is 0 Å². The molecule has 6 aromatic rings. The van der Waals surface area contributed by atoms with Crippen molar-refractivity contribution in [3.05, 3.63) is 145 Å². The number of halogens is 2. The molecule has 218 valence electrons. The van der Waals surface area contributed by atoms with Crippen LogP contribution in [0, 0.1) is 27.7 Å². The minimum Gasteiger partial charge on any atom is -1.00 e. The topological polar surface area (TPSA) is 0 Å². The second kappa shape index (κ2) is 18.3. The van der Waals surface area contributed by atoms with Gasteiger partial charge in [0.25, 0.3) is 0 Å². The van der Waals surface area contributed by atoms with Crippen LogP contribution in [0.4, 0.5) is 0 Å². The Hall–Kier alpha value is -2.44. The monoisotopic (exact) mass is 668 g/mol. The van der Waals surface area contributed by atoms with Crippen molar-refractivity contribution in [2.45, 2.75) is 47.0 Å². The van der Waals surface area contributed by atoms with E-state index in [0.29, 0.717) is 0 Å². The number of aryl methyl sites for hydroxylation is 4. The Morgan fingerprint density at radius 1 is 0.548 bits per heavy atom. The first-order valence-electron chi connectivity index (χ1n) is 14.1. The van der Waals surface area contributed by atoms with Gasteiger partial charge < -0.3 is 45.1 Å². The maximum absolute atomic E-state index is 3.38. The van der Waals surface area contributed by atoms with Gasteiger partial charge in [-0.05, 0) is 35.1 Å². The molecule has 0 aromatic heterocycles. The number of fused-ring (bicyclic) bond motifs is 2. The first-order valence-corrected chi connectivity index (χ1v) is 14.1. The normalized spacial score (nSPS) is 9.86. The van der Waals surface area contributed by atoms with E-state index in [1.807, 2.05) is 0 Å². The zero-order valence-corrected chi connectivity index (χ0v) is 29.2. The molecule has 0 aliphatic heterocycles. The predicted molar refractivity (Wildman–Crippen MR) is 174 cm³/mol. The van der Waals surface area contributed by atoms with E-state index in [-0.39, 0.29) is 51.0 Å². The fourth-order valence-electron chi connectivity index (χ4n) is 5.11. The van der Waals surface area contributed by atoms with Crippen LogP contribution in [-0.2, 0) is 39.0 Å². The van der Waals surface area contributed by atoms with E-state index in [0.717, 1.165) is 19.3 Å². The molecule has 0 N–H and O–H groups in total. The molecular weight excluding hydrogens is 631 g/mol. The molecule has 0 amide bonds. The van der Waals surface area contributed by atoms with E-state index in [1.54, 1.807) is 0 Å². The van der Waals surface area contributed by atoms with Crippen LogP contribution < -0.4 is 24.8 Å². The van der Waals surface area contributed by atoms with Crippen molar-refractivity contribution >= 4 is 21.5 Å². The van der Waals surface area contributed by atoms with Gasteiger partial charge in [-0.25, -0.2) is 0 Å². The van der Waals surface area contributed by atoms with Crippen LogP contribution >= 0.6 is 0 Å². The Morgan fingerprint density at radius 2 is 0.881 bits per heavy atom. The number of hydrogen-bond acceptors (Lipinski definition) is 0. The Kier molecular flexibility index (Phi) is 16.4. The Bertz CT molecular complexity index is 1500. The molecule has 0 aliphatic rings. The molecule has 0 bridgehead atoms. The fourth-order valence-corrected chi connectivity index (χ4v) is 5.11. The smallest absolute Gasteiger partial charge is 1.00 e. The quantitative estimate of drug-likeness (QED) is 0.225. The first kappa shape index (κ1) is 37.6. The van der Waals surface area contributed by atoms with Gasteiger partial charge in [-0.15, -0.1) is 69.1 Å². The zero-order valence-electron chi connectivity index (χ0n) is 25.2. The largest absolute Gasteiger partial charge is 2.00 e. The van der Waals surface area contributed by atoms with Gasteiger partial charge in [-0.3, -0.25) is 0 Å². The van der Waals surface area contributed by atoms with Gasteiger partial charge in [0.1, 0.15) is 0 Å². The third-order valence-electron chi connectivity index (χ3n) is 7.14. The number of hydrogen-bond donors (Lipinski definition) is 0. The molecular formula is C39H40Cl2Zr-4. The van der Waals surface area contributed by atoms with E-state index >= 15 is 0 Å². The minimum atomic E-state index is 0. The van der Waals surface area contributed by atoms with Crippen molar-refractivity contribution in [1.82, 2.24) is 0 Å². The number of rotatable bonds is 4. The molecule has 0 atom stereocenters. The summed E-state index contributed by atoms with van der Waals surface area (Å²) in [6.45, 7) is 15.4. The predicted octanol–water partition coefficient (Wildman–Crippen LogP) is 5.24. The molecule has 0 heterocycles. The molecule has 6 rings (SSSR count). The van der Waals surface area contributed by atoms with E-state index < -0.39 is 0 Å². The fraction of sp³-hybridized carbons (Fsp3) is 0.179. The molecule has 42 heavy (non-hydrogen) atoms. The van der Waals surface area contributed by atoms with Crippen LogP contribution in [0.5, 0.6) is 0 Å². The second-order valence-electron chi connectivity index (χ2n) is 10.1. The summed E-state index contributed by atoms with van der Waals surface area (Å²) in [5, 5.41) is 5.40. The van der Waals surface area contributed by atoms with Gasteiger partial charge in [0.15, 0.2) is 0 Å². The molecule has 0 nitrogen and oxygen atoms in total. The standard InChI is InChI=1S/2C18H17.C3H6.2ClH.Zr/c2*1-3-14-7-9-15(10-8-14)17-6-4-5-16-11-13(2)12-18(16)17;1-3-2;;;/h2*4-12H,3H2,1-2H3;1-3H2;2*1H;/q2*-1;-2;;;+2/p-2. The van der Waals surface area contributed by atoms with E-state index in [2.05, 4.69) is 151 Å². The molecule has 0 spiro atoms. The molecule has 0 radical (unpaired) electrons. The van der Waals surface area contributed by atoms with Crippen molar-refractivity contribution in [2.75, 3.05) is 0 Å². The van der Waals surface area contributed by atoms with Crippen molar-refractivity contribution in [3.8, 4) is 22.3 Å². The first-order chi connectivity index (χ1) is 19.0. The summed E-state index contributed by atoms with van der Waals surface area (Å²) >= 11 is 0. The summed E-state index contributed by atoms with van der Waals surface area (Å²) in [6.07, 6.45) is 2.94. The third-order valence-corrected chi connectivity index (χ3v) is 7.14. The SMILES string of the molecule is CCc1ccc(-c2cccc3[cH-]c(C)cc23)cc1.CCc1ccc(-c2cccc3[cH-]c(C)cc23)cc1.[CH2-]C[CH2-].[Cl-].[Cl-].[Zr+2]. The Morgan fingerprint density at radius 3 is 1.19 bits per heavy atom. The Balaban J connectivity index is 0.000000361. The van der Waals surface area contributed by atoms with Crippen molar-refractivity contribution in [2.24, 2.45) is 0 Å². The van der Waals surface area contributed by atoms with E-state index in [9.17, 15) is 0 Å². The van der Waals surface area contributed by atoms with Gasteiger partial charge >= 0.3 is 26.2 Å². The third kappa shape index (κ3) is 9.28. The average molecular weight is 671 g/mol. The summed E-state index contributed by atoms with van der Waals surface area (Å²) < 4.78 is 0. The van der Waals surface area contributed by atoms with Crippen molar-refractivity contribution < 1.29 is 51.0 Å². The average Bonchev–Trinajstić information content (AvgIpc) is 3.54. The van der Waals surface area contributed by atoms with Crippen molar-refractivity contribution in [1.29, 1.82) is 0 Å². The molecule has 0 unspecified atom stereocenters. The maximum atomic E-state index is 3.38. The Labute approximate surface area is 285 Å². The molecule has 6 aromatic carbocycles. The maximum Gasteiger partial charge on any atom is 2.00 e.